The van der Waals surface area contributed by atoms with Gasteiger partial charge in [0.05, 0.1) is 14.2 Å². The van der Waals surface area contributed by atoms with E-state index in [1.165, 1.54) is 6.92 Å². The van der Waals surface area contributed by atoms with E-state index < -0.39 is 6.10 Å². The van der Waals surface area contributed by atoms with Crippen molar-refractivity contribution in [3.8, 4) is 11.5 Å². The van der Waals surface area contributed by atoms with Crippen LogP contribution in [0.25, 0.3) is 0 Å². The molecule has 5 nitrogen and oxygen atoms in total. The summed E-state index contributed by atoms with van der Waals surface area (Å²) < 4.78 is 10.5. The van der Waals surface area contributed by atoms with Gasteiger partial charge in [0.25, 0.3) is 0 Å². The van der Waals surface area contributed by atoms with Gasteiger partial charge in [-0.05, 0) is 25.0 Å². The lowest BCUT2D eigenvalue weighted by Crippen LogP contribution is -2.33. The molecule has 1 unspecified atom stereocenters. The highest BCUT2D eigenvalue weighted by molar-refractivity contribution is 5.79. The minimum absolute atomic E-state index is 0.378. The molecule has 0 aliphatic carbocycles. The van der Waals surface area contributed by atoms with Crippen molar-refractivity contribution < 1.29 is 19.4 Å². The van der Waals surface area contributed by atoms with Gasteiger partial charge in [-0.2, -0.15) is 0 Å². The van der Waals surface area contributed by atoms with Crippen LogP contribution in [0.5, 0.6) is 11.5 Å². The summed E-state index contributed by atoms with van der Waals surface area (Å²) in [6.45, 7) is 1.87. The van der Waals surface area contributed by atoms with E-state index in [9.17, 15) is 4.79 Å². The number of amides is 1. The van der Waals surface area contributed by atoms with Crippen molar-refractivity contribution in [3.05, 3.63) is 23.8 Å². The first kappa shape index (κ1) is 14.3. The minimum atomic E-state index is -0.989. The molecule has 1 rings (SSSR count). The largest absolute Gasteiger partial charge is 0.493 e. The Morgan fingerprint density at radius 2 is 2.11 bits per heavy atom. The summed E-state index contributed by atoms with van der Waals surface area (Å²) in [6, 6.07) is 5.60. The lowest BCUT2D eigenvalue weighted by molar-refractivity contribution is -0.128. The number of carbonyl (C=O) groups is 1. The first-order valence-electron chi connectivity index (χ1n) is 5.75. The normalized spacial score (nSPS) is 11.8. The van der Waals surface area contributed by atoms with Gasteiger partial charge in [0.2, 0.25) is 5.91 Å². The molecule has 0 aromatic heterocycles. The number of aliphatic hydroxyl groups excluding tert-OH is 1. The second kappa shape index (κ2) is 6.86. The molecule has 1 atom stereocenters. The minimum Gasteiger partial charge on any atom is -0.493 e. The number of hydrogen-bond acceptors (Lipinski definition) is 4. The molecule has 1 aromatic rings. The van der Waals surface area contributed by atoms with Gasteiger partial charge in [-0.3, -0.25) is 4.79 Å². The number of ether oxygens (including phenoxy) is 2. The van der Waals surface area contributed by atoms with Crippen LogP contribution in [0, 0.1) is 0 Å². The lowest BCUT2D eigenvalue weighted by Gasteiger charge is -2.13. The van der Waals surface area contributed by atoms with Crippen molar-refractivity contribution in [1.82, 2.24) is 5.32 Å². The summed E-state index contributed by atoms with van der Waals surface area (Å²) in [5.41, 5.74) is 0.947. The first-order chi connectivity index (χ1) is 8.60. The molecule has 18 heavy (non-hydrogen) atoms. The van der Waals surface area contributed by atoms with Crippen LogP contribution < -0.4 is 14.8 Å². The van der Waals surface area contributed by atoms with E-state index in [1.54, 1.807) is 14.2 Å². The first-order valence-corrected chi connectivity index (χ1v) is 5.75. The third-order valence-corrected chi connectivity index (χ3v) is 2.56. The number of methoxy groups -OCH3 is 2. The van der Waals surface area contributed by atoms with E-state index in [-0.39, 0.29) is 5.91 Å². The molecule has 0 aliphatic rings. The highest BCUT2D eigenvalue weighted by Crippen LogP contribution is 2.30. The Bertz CT molecular complexity index is 404. The zero-order valence-electron chi connectivity index (χ0n) is 10.9. The number of aliphatic hydroxyl groups is 1. The number of benzene rings is 1. The van der Waals surface area contributed by atoms with E-state index in [0.29, 0.717) is 24.5 Å². The lowest BCUT2D eigenvalue weighted by atomic mass is 10.1. The molecule has 0 aliphatic heterocycles. The van der Waals surface area contributed by atoms with Crippen LogP contribution in [0.3, 0.4) is 0 Å². The van der Waals surface area contributed by atoms with Gasteiger partial charge in [-0.1, -0.05) is 12.1 Å². The van der Waals surface area contributed by atoms with Gasteiger partial charge in [0, 0.05) is 6.54 Å². The molecule has 0 heterocycles. The van der Waals surface area contributed by atoms with Crippen molar-refractivity contribution in [3.63, 3.8) is 0 Å². The maximum atomic E-state index is 11.2. The number of nitrogens with one attached hydrogen (secondary N) is 1. The molecule has 0 saturated carbocycles. The second-order valence-corrected chi connectivity index (χ2v) is 3.87. The molecular formula is C13H19NO4. The summed E-state index contributed by atoms with van der Waals surface area (Å²) in [5, 5.41) is 11.7. The van der Waals surface area contributed by atoms with Crippen LogP contribution >= 0.6 is 0 Å². The van der Waals surface area contributed by atoms with Crippen LogP contribution in [-0.2, 0) is 11.2 Å². The number of rotatable bonds is 6. The molecule has 0 saturated heterocycles. The molecule has 0 bridgehead atoms. The Hall–Kier alpha value is -1.75. The van der Waals surface area contributed by atoms with Crippen LogP contribution in [0.4, 0.5) is 0 Å². The molecule has 5 heteroatoms. The second-order valence-electron chi connectivity index (χ2n) is 3.87. The molecule has 0 fully saturated rings. The Morgan fingerprint density at radius 3 is 2.67 bits per heavy atom. The van der Waals surface area contributed by atoms with Gasteiger partial charge in [0.15, 0.2) is 11.5 Å². The zero-order chi connectivity index (χ0) is 13.5. The average Bonchev–Trinajstić information content (AvgIpc) is 2.37. The fraction of sp³-hybridized carbons (Fsp3) is 0.462. The summed E-state index contributed by atoms with van der Waals surface area (Å²) in [4.78, 5) is 11.2. The van der Waals surface area contributed by atoms with Crippen LogP contribution in [0.15, 0.2) is 18.2 Å². The molecule has 1 amide bonds. The Morgan fingerprint density at radius 1 is 1.39 bits per heavy atom. The van der Waals surface area contributed by atoms with Crippen molar-refractivity contribution in [1.29, 1.82) is 0 Å². The predicted molar refractivity (Wildman–Crippen MR) is 67.9 cm³/mol. The molecular weight excluding hydrogens is 234 g/mol. The van der Waals surface area contributed by atoms with E-state index >= 15 is 0 Å². The monoisotopic (exact) mass is 253 g/mol. The van der Waals surface area contributed by atoms with Gasteiger partial charge >= 0.3 is 0 Å². The maximum Gasteiger partial charge on any atom is 0.248 e. The van der Waals surface area contributed by atoms with E-state index in [0.717, 1.165) is 5.56 Å². The SMILES string of the molecule is COc1cccc(CCNC(=O)C(C)O)c1OC. The van der Waals surface area contributed by atoms with Crippen LogP contribution in [0.2, 0.25) is 0 Å². The predicted octanol–water partition coefficient (Wildman–Crippen LogP) is 0.743. The smallest absolute Gasteiger partial charge is 0.248 e. The van der Waals surface area contributed by atoms with Crippen LogP contribution in [0.1, 0.15) is 12.5 Å². The van der Waals surface area contributed by atoms with Gasteiger partial charge in [-0.15, -0.1) is 0 Å². The third-order valence-electron chi connectivity index (χ3n) is 2.56. The van der Waals surface area contributed by atoms with Crippen molar-refractivity contribution in [2.75, 3.05) is 20.8 Å². The highest BCUT2D eigenvalue weighted by Gasteiger charge is 2.11. The zero-order valence-corrected chi connectivity index (χ0v) is 10.9. The fourth-order valence-corrected chi connectivity index (χ4v) is 1.62. The van der Waals surface area contributed by atoms with Crippen molar-refractivity contribution in [2.45, 2.75) is 19.4 Å². The van der Waals surface area contributed by atoms with Gasteiger partial charge in [-0.25, -0.2) is 0 Å². The van der Waals surface area contributed by atoms with E-state index in [2.05, 4.69) is 5.32 Å². The molecule has 0 spiro atoms. The Kier molecular flexibility index (Phi) is 5.45. The van der Waals surface area contributed by atoms with Gasteiger partial charge in [0.1, 0.15) is 6.10 Å². The topological polar surface area (TPSA) is 67.8 Å². The van der Waals surface area contributed by atoms with E-state index in [4.69, 9.17) is 14.6 Å². The molecule has 1 aromatic carbocycles. The number of para-hydroxylation sites is 1. The summed E-state index contributed by atoms with van der Waals surface area (Å²) in [5.74, 6) is 0.958. The number of carbonyl (C=O) groups excluding carboxylic acids is 1. The number of hydrogen-bond donors (Lipinski definition) is 2. The summed E-state index contributed by atoms with van der Waals surface area (Å²) in [6.07, 6.45) is -0.379. The Labute approximate surface area is 107 Å². The maximum absolute atomic E-state index is 11.2. The summed E-state index contributed by atoms with van der Waals surface area (Å²) in [7, 11) is 3.16. The average molecular weight is 253 g/mol. The van der Waals surface area contributed by atoms with Gasteiger partial charge < -0.3 is 19.9 Å². The summed E-state index contributed by atoms with van der Waals surface area (Å²) >= 11 is 0. The third kappa shape index (κ3) is 3.63. The standard InChI is InChI=1S/C13H19NO4/c1-9(15)13(16)14-8-7-10-5-4-6-11(17-2)12(10)18-3/h4-6,9,15H,7-8H2,1-3H3,(H,14,16). The highest BCUT2D eigenvalue weighted by atomic mass is 16.5. The molecule has 100 valence electrons. The van der Waals surface area contributed by atoms with Crippen molar-refractivity contribution >= 4 is 5.91 Å². The Balaban J connectivity index is 2.64. The van der Waals surface area contributed by atoms with Crippen molar-refractivity contribution in [2.24, 2.45) is 0 Å². The van der Waals surface area contributed by atoms with E-state index in [1.807, 2.05) is 18.2 Å². The molecule has 2 N–H and O–H groups in total. The molecule has 0 radical (unpaired) electrons. The quantitative estimate of drug-likeness (QED) is 0.785. The fourth-order valence-electron chi connectivity index (χ4n) is 1.62. The van der Waals surface area contributed by atoms with Crippen LogP contribution in [-0.4, -0.2) is 37.9 Å².